The van der Waals surface area contributed by atoms with E-state index in [0.29, 0.717) is 11.0 Å². The highest BCUT2D eigenvalue weighted by Gasteiger charge is 2.17. The zero-order valence-electron chi connectivity index (χ0n) is 13.3. The van der Waals surface area contributed by atoms with Crippen molar-refractivity contribution >= 4 is 16.9 Å². The molecule has 4 nitrogen and oxygen atoms in total. The lowest BCUT2D eigenvalue weighted by molar-refractivity contribution is 0.0936. The molecule has 0 bridgehead atoms. The summed E-state index contributed by atoms with van der Waals surface area (Å²) in [6.07, 6.45) is 0. The summed E-state index contributed by atoms with van der Waals surface area (Å²) >= 11 is 0. The Labute approximate surface area is 137 Å². The molecule has 0 aliphatic heterocycles. The van der Waals surface area contributed by atoms with Gasteiger partial charge in [-0.15, -0.1) is 0 Å². The van der Waals surface area contributed by atoms with Gasteiger partial charge in [0.15, 0.2) is 0 Å². The van der Waals surface area contributed by atoms with E-state index in [0.717, 1.165) is 11.1 Å². The molecule has 24 heavy (non-hydrogen) atoms. The van der Waals surface area contributed by atoms with Crippen LogP contribution in [0.4, 0.5) is 4.39 Å². The summed E-state index contributed by atoms with van der Waals surface area (Å²) in [5, 5.41) is 3.42. The molecule has 2 aromatic carbocycles. The van der Waals surface area contributed by atoms with Gasteiger partial charge in [0.1, 0.15) is 17.0 Å². The van der Waals surface area contributed by atoms with Crippen molar-refractivity contribution in [3.05, 3.63) is 81.5 Å². The highest BCUT2D eigenvalue weighted by molar-refractivity contribution is 5.97. The zero-order chi connectivity index (χ0) is 17.3. The van der Waals surface area contributed by atoms with E-state index >= 15 is 0 Å². The van der Waals surface area contributed by atoms with Crippen molar-refractivity contribution in [3.8, 4) is 0 Å². The Morgan fingerprint density at radius 1 is 1.17 bits per heavy atom. The van der Waals surface area contributed by atoms with Crippen molar-refractivity contribution in [2.75, 3.05) is 0 Å². The number of para-hydroxylation sites is 1. The SMILES string of the molecule is Cc1cccc2cc(C(=O)N[C@@H](C)c3ccc(F)cc3)c(=O)oc12. The van der Waals surface area contributed by atoms with Gasteiger partial charge in [0.2, 0.25) is 0 Å². The van der Waals surface area contributed by atoms with Crippen LogP contribution in [0.2, 0.25) is 0 Å². The first-order chi connectivity index (χ1) is 11.5. The van der Waals surface area contributed by atoms with Gasteiger partial charge in [-0.1, -0.05) is 30.3 Å². The summed E-state index contributed by atoms with van der Waals surface area (Å²) in [6, 6.07) is 12.4. The molecule has 122 valence electrons. The fourth-order valence-electron chi connectivity index (χ4n) is 2.56. The maximum absolute atomic E-state index is 13.0. The minimum absolute atomic E-state index is 0.0536. The number of aryl methyl sites for hydroxylation is 1. The number of carbonyl (C=O) groups excluding carboxylic acids is 1. The molecule has 0 unspecified atom stereocenters. The minimum Gasteiger partial charge on any atom is -0.422 e. The third kappa shape index (κ3) is 3.06. The molecule has 3 rings (SSSR count). The molecule has 0 spiro atoms. The van der Waals surface area contributed by atoms with Gasteiger partial charge in [-0.05, 0) is 43.2 Å². The van der Waals surface area contributed by atoms with Gasteiger partial charge in [0, 0.05) is 5.39 Å². The summed E-state index contributed by atoms with van der Waals surface area (Å²) < 4.78 is 18.3. The van der Waals surface area contributed by atoms with Crippen molar-refractivity contribution < 1.29 is 13.6 Å². The average molecular weight is 325 g/mol. The molecule has 0 fully saturated rings. The van der Waals surface area contributed by atoms with Crippen LogP contribution in [0.5, 0.6) is 0 Å². The maximum Gasteiger partial charge on any atom is 0.349 e. The molecule has 1 heterocycles. The zero-order valence-corrected chi connectivity index (χ0v) is 13.3. The number of benzene rings is 2. The normalized spacial score (nSPS) is 12.1. The van der Waals surface area contributed by atoms with Gasteiger partial charge in [-0.3, -0.25) is 4.79 Å². The molecule has 3 aromatic rings. The Morgan fingerprint density at radius 2 is 1.88 bits per heavy atom. The highest BCUT2D eigenvalue weighted by atomic mass is 19.1. The lowest BCUT2D eigenvalue weighted by Gasteiger charge is -2.14. The lowest BCUT2D eigenvalue weighted by Crippen LogP contribution is -2.30. The number of rotatable bonds is 3. The number of amides is 1. The smallest absolute Gasteiger partial charge is 0.349 e. The quantitative estimate of drug-likeness (QED) is 0.746. The third-order valence-corrected chi connectivity index (χ3v) is 3.92. The van der Waals surface area contributed by atoms with E-state index in [4.69, 9.17) is 4.42 Å². The Kier molecular flexibility index (Phi) is 4.16. The predicted octanol–water partition coefficient (Wildman–Crippen LogP) is 3.73. The largest absolute Gasteiger partial charge is 0.422 e. The maximum atomic E-state index is 13.0. The molecule has 1 atom stereocenters. The van der Waals surface area contributed by atoms with Crippen molar-refractivity contribution in [2.45, 2.75) is 19.9 Å². The van der Waals surface area contributed by atoms with E-state index < -0.39 is 11.5 Å². The molecule has 0 radical (unpaired) electrons. The number of fused-ring (bicyclic) bond motifs is 1. The molecule has 0 aliphatic carbocycles. The van der Waals surface area contributed by atoms with Crippen molar-refractivity contribution in [1.29, 1.82) is 0 Å². The Hall–Kier alpha value is -2.95. The molecule has 1 N–H and O–H groups in total. The van der Waals surface area contributed by atoms with E-state index in [1.54, 1.807) is 25.1 Å². The molecular weight excluding hydrogens is 309 g/mol. The Balaban J connectivity index is 1.90. The third-order valence-electron chi connectivity index (χ3n) is 3.92. The van der Waals surface area contributed by atoms with Crippen LogP contribution in [0.25, 0.3) is 11.0 Å². The van der Waals surface area contributed by atoms with Crippen molar-refractivity contribution in [2.24, 2.45) is 0 Å². The highest BCUT2D eigenvalue weighted by Crippen LogP contribution is 2.18. The summed E-state index contributed by atoms with van der Waals surface area (Å²) in [7, 11) is 0. The topological polar surface area (TPSA) is 59.3 Å². The second kappa shape index (κ2) is 6.28. The van der Waals surface area contributed by atoms with E-state index in [9.17, 15) is 14.0 Å². The van der Waals surface area contributed by atoms with Gasteiger partial charge in [-0.2, -0.15) is 0 Å². The van der Waals surface area contributed by atoms with Crippen LogP contribution >= 0.6 is 0 Å². The molecule has 0 saturated heterocycles. The monoisotopic (exact) mass is 325 g/mol. The van der Waals surface area contributed by atoms with Gasteiger partial charge in [0.25, 0.3) is 5.91 Å². The molecule has 0 aliphatic rings. The summed E-state index contributed by atoms with van der Waals surface area (Å²) in [5.74, 6) is -0.869. The molecule has 0 saturated carbocycles. The number of nitrogens with one attached hydrogen (secondary N) is 1. The summed E-state index contributed by atoms with van der Waals surface area (Å²) in [4.78, 5) is 24.5. The Morgan fingerprint density at radius 3 is 2.58 bits per heavy atom. The van der Waals surface area contributed by atoms with E-state index in [-0.39, 0.29) is 17.4 Å². The van der Waals surface area contributed by atoms with Crippen LogP contribution in [0.3, 0.4) is 0 Å². The van der Waals surface area contributed by atoms with E-state index in [1.165, 1.54) is 18.2 Å². The summed E-state index contributed by atoms with van der Waals surface area (Å²) in [5.41, 5.74) is 1.32. The second-order valence-corrected chi connectivity index (χ2v) is 5.69. The molecule has 1 amide bonds. The predicted molar refractivity (Wildman–Crippen MR) is 89.5 cm³/mol. The van der Waals surface area contributed by atoms with Gasteiger partial charge >= 0.3 is 5.63 Å². The van der Waals surface area contributed by atoms with Gasteiger partial charge in [-0.25, -0.2) is 9.18 Å². The molecule has 5 heteroatoms. The fraction of sp³-hybridized carbons (Fsp3) is 0.158. The van der Waals surface area contributed by atoms with Gasteiger partial charge < -0.3 is 9.73 Å². The van der Waals surface area contributed by atoms with E-state index in [1.807, 2.05) is 19.1 Å². The number of carbonyl (C=O) groups is 1. The molecule has 1 aromatic heterocycles. The lowest BCUT2D eigenvalue weighted by atomic mass is 10.1. The van der Waals surface area contributed by atoms with Crippen LogP contribution < -0.4 is 10.9 Å². The minimum atomic E-state index is -0.680. The Bertz CT molecular complexity index is 961. The summed E-state index contributed by atoms with van der Waals surface area (Å²) in [6.45, 7) is 3.60. The van der Waals surface area contributed by atoms with Crippen LogP contribution in [0.1, 0.15) is 34.5 Å². The van der Waals surface area contributed by atoms with Crippen LogP contribution in [0, 0.1) is 12.7 Å². The fourth-order valence-corrected chi connectivity index (χ4v) is 2.56. The standard InChI is InChI=1S/C19H16FNO3/c1-11-4-3-5-14-10-16(19(23)24-17(11)14)18(22)21-12(2)13-6-8-15(20)9-7-13/h3-10,12H,1-2H3,(H,21,22)/t12-/m0/s1. The number of hydrogen-bond acceptors (Lipinski definition) is 3. The number of hydrogen-bond donors (Lipinski definition) is 1. The van der Waals surface area contributed by atoms with Gasteiger partial charge in [0.05, 0.1) is 6.04 Å². The molecular formula is C19H16FNO3. The van der Waals surface area contributed by atoms with Crippen LogP contribution in [0.15, 0.2) is 57.7 Å². The number of halogens is 1. The van der Waals surface area contributed by atoms with Crippen LogP contribution in [-0.4, -0.2) is 5.91 Å². The first kappa shape index (κ1) is 15.9. The van der Waals surface area contributed by atoms with Crippen molar-refractivity contribution in [3.63, 3.8) is 0 Å². The average Bonchev–Trinajstić information content (AvgIpc) is 2.55. The first-order valence-corrected chi connectivity index (χ1v) is 7.55. The van der Waals surface area contributed by atoms with Crippen molar-refractivity contribution in [1.82, 2.24) is 5.32 Å². The first-order valence-electron chi connectivity index (χ1n) is 7.55. The second-order valence-electron chi connectivity index (χ2n) is 5.69. The van der Waals surface area contributed by atoms with Crippen LogP contribution in [-0.2, 0) is 0 Å². The van der Waals surface area contributed by atoms with E-state index in [2.05, 4.69) is 5.32 Å².